The molecule has 2 aromatic rings. The maximum absolute atomic E-state index is 14.3. The minimum Gasteiger partial charge on any atom is -0.370 e. The molecule has 2 aromatic carbocycles. The highest BCUT2D eigenvalue weighted by molar-refractivity contribution is 6.34. The summed E-state index contributed by atoms with van der Waals surface area (Å²) in [5, 5.41) is 3.41. The molecule has 4 rings (SSSR count). The normalized spacial score (nSPS) is 23.2. The molecule has 31 heavy (non-hydrogen) atoms. The number of aryl methyl sites for hydroxylation is 1. The molecule has 0 aromatic heterocycles. The molecule has 0 spiro atoms. The molecule has 1 aliphatic carbocycles. The minimum absolute atomic E-state index is 0.00314. The molecule has 2 aliphatic rings. The molecule has 1 N–H and O–H groups in total. The monoisotopic (exact) mass is 470 g/mol. The third-order valence-corrected chi connectivity index (χ3v) is 6.89. The predicted octanol–water partition coefficient (Wildman–Crippen LogP) is 6.22. The summed E-state index contributed by atoms with van der Waals surface area (Å²) in [6, 6.07) is 9.90. The van der Waals surface area contributed by atoms with Gasteiger partial charge >= 0.3 is 6.18 Å². The average Bonchev–Trinajstić information content (AvgIpc) is 3.32. The number of nitrogens with zero attached hydrogens (tertiary/aromatic N) is 1. The molecule has 1 fully saturated rings. The van der Waals surface area contributed by atoms with Crippen LogP contribution < -0.4 is 10.2 Å². The summed E-state index contributed by atoms with van der Waals surface area (Å²) < 4.78 is 43.0. The van der Waals surface area contributed by atoms with Crippen LogP contribution in [0.5, 0.6) is 0 Å². The Morgan fingerprint density at radius 3 is 2.55 bits per heavy atom. The standard InChI is InChI=1S/C23H23Cl2F3N2O/c1-2-21(31)29-20-6-3-14-9-18(4-5-19(14)20)30-8-7-22(13-30,23(26,27)28)15-10-16(24)12-17(25)11-15/h4-5,9-12,20H,2-3,6-8,13H2,1H3,(H,29,31)/t20-,22-/m1/s1. The second-order valence-electron chi connectivity index (χ2n) is 8.30. The van der Waals surface area contributed by atoms with Gasteiger partial charge in [0.2, 0.25) is 5.91 Å². The minimum atomic E-state index is -4.44. The van der Waals surface area contributed by atoms with Gasteiger partial charge in [-0.2, -0.15) is 13.2 Å². The molecule has 1 heterocycles. The molecule has 0 radical (unpaired) electrons. The van der Waals surface area contributed by atoms with E-state index in [-0.39, 0.29) is 47.1 Å². The van der Waals surface area contributed by atoms with Crippen LogP contribution in [0.2, 0.25) is 10.0 Å². The van der Waals surface area contributed by atoms with Gasteiger partial charge in [-0.3, -0.25) is 4.79 Å². The fourth-order valence-electron chi connectivity index (χ4n) is 4.74. The average molecular weight is 471 g/mol. The van der Waals surface area contributed by atoms with Gasteiger partial charge in [0.05, 0.1) is 6.04 Å². The Morgan fingerprint density at radius 1 is 1.19 bits per heavy atom. The number of anilines is 1. The van der Waals surface area contributed by atoms with Crippen molar-refractivity contribution < 1.29 is 18.0 Å². The highest BCUT2D eigenvalue weighted by Gasteiger charge is 2.59. The third-order valence-electron chi connectivity index (χ3n) is 6.45. The summed E-state index contributed by atoms with van der Waals surface area (Å²) in [5.41, 5.74) is 0.963. The summed E-state index contributed by atoms with van der Waals surface area (Å²) in [4.78, 5) is 13.5. The SMILES string of the molecule is CCC(=O)N[C@@H]1CCc2cc(N3CC[C@@](c4cc(Cl)cc(Cl)c4)(C(F)(F)F)C3)ccc21. The van der Waals surface area contributed by atoms with E-state index in [0.29, 0.717) is 6.42 Å². The molecule has 8 heteroatoms. The van der Waals surface area contributed by atoms with Crippen LogP contribution in [-0.2, 0) is 16.6 Å². The van der Waals surface area contributed by atoms with Crippen LogP contribution in [0.15, 0.2) is 36.4 Å². The van der Waals surface area contributed by atoms with Crippen molar-refractivity contribution in [1.82, 2.24) is 5.32 Å². The number of rotatable bonds is 4. The highest BCUT2D eigenvalue weighted by Crippen LogP contribution is 2.49. The predicted molar refractivity (Wildman–Crippen MR) is 117 cm³/mol. The van der Waals surface area contributed by atoms with Gasteiger partial charge < -0.3 is 10.2 Å². The van der Waals surface area contributed by atoms with Crippen molar-refractivity contribution >= 4 is 34.8 Å². The number of carbonyl (C=O) groups excluding carboxylic acids is 1. The number of fused-ring (bicyclic) bond motifs is 1. The Balaban J connectivity index is 1.62. The van der Waals surface area contributed by atoms with Crippen molar-refractivity contribution in [3.63, 3.8) is 0 Å². The van der Waals surface area contributed by atoms with Crippen molar-refractivity contribution in [2.75, 3.05) is 18.0 Å². The van der Waals surface area contributed by atoms with E-state index in [1.807, 2.05) is 25.1 Å². The fraction of sp³-hybridized carbons (Fsp3) is 0.435. The summed E-state index contributed by atoms with van der Waals surface area (Å²) in [6.07, 6.45) is -2.50. The van der Waals surface area contributed by atoms with Crippen LogP contribution in [-0.4, -0.2) is 25.2 Å². The quantitative estimate of drug-likeness (QED) is 0.575. The summed E-state index contributed by atoms with van der Waals surface area (Å²) in [6.45, 7) is 1.89. The lowest BCUT2D eigenvalue weighted by atomic mass is 9.79. The second-order valence-corrected chi connectivity index (χ2v) is 9.18. The first kappa shape index (κ1) is 22.3. The van der Waals surface area contributed by atoms with Gasteiger partial charge in [-0.25, -0.2) is 0 Å². The smallest absolute Gasteiger partial charge is 0.370 e. The van der Waals surface area contributed by atoms with Gasteiger partial charge in [-0.1, -0.05) is 36.2 Å². The number of nitrogens with one attached hydrogen (secondary N) is 1. The van der Waals surface area contributed by atoms with Crippen molar-refractivity contribution in [2.24, 2.45) is 0 Å². The van der Waals surface area contributed by atoms with E-state index < -0.39 is 11.6 Å². The van der Waals surface area contributed by atoms with Crippen LogP contribution in [0.4, 0.5) is 18.9 Å². The Kier molecular flexibility index (Phi) is 5.90. The first-order chi connectivity index (χ1) is 14.6. The molecule has 1 aliphatic heterocycles. The van der Waals surface area contributed by atoms with Crippen LogP contribution in [0.3, 0.4) is 0 Å². The zero-order chi connectivity index (χ0) is 22.4. The third kappa shape index (κ3) is 4.12. The number of hydrogen-bond acceptors (Lipinski definition) is 2. The molecule has 2 atom stereocenters. The Labute approximate surface area is 189 Å². The second kappa shape index (κ2) is 8.21. The maximum atomic E-state index is 14.3. The topological polar surface area (TPSA) is 32.3 Å². The van der Waals surface area contributed by atoms with Crippen LogP contribution in [0, 0.1) is 0 Å². The van der Waals surface area contributed by atoms with E-state index in [2.05, 4.69) is 5.32 Å². The summed E-state index contributed by atoms with van der Waals surface area (Å²) in [5.74, 6) is -0.00314. The molecule has 166 valence electrons. The lowest BCUT2D eigenvalue weighted by Crippen LogP contribution is -2.44. The molecular formula is C23H23Cl2F3N2O. The first-order valence-corrected chi connectivity index (χ1v) is 11.1. The van der Waals surface area contributed by atoms with Gasteiger partial charge in [-0.15, -0.1) is 0 Å². The van der Waals surface area contributed by atoms with E-state index in [1.54, 1.807) is 4.90 Å². The number of halogens is 5. The van der Waals surface area contributed by atoms with Gasteiger partial charge in [0.15, 0.2) is 0 Å². The van der Waals surface area contributed by atoms with Crippen molar-refractivity contribution in [3.05, 3.63) is 63.1 Å². The van der Waals surface area contributed by atoms with E-state index >= 15 is 0 Å². The van der Waals surface area contributed by atoms with Gasteiger partial charge in [0.25, 0.3) is 0 Å². The molecule has 0 unspecified atom stereocenters. The zero-order valence-electron chi connectivity index (χ0n) is 17.0. The number of benzene rings is 2. The van der Waals surface area contributed by atoms with Crippen LogP contribution >= 0.6 is 23.2 Å². The number of carbonyl (C=O) groups is 1. The molecule has 1 amide bonds. The summed E-state index contributed by atoms with van der Waals surface area (Å²) >= 11 is 12.0. The van der Waals surface area contributed by atoms with Gasteiger partial charge in [0, 0.05) is 35.2 Å². The van der Waals surface area contributed by atoms with E-state index in [1.165, 1.54) is 18.2 Å². The molecule has 3 nitrogen and oxygen atoms in total. The van der Waals surface area contributed by atoms with Crippen molar-refractivity contribution in [2.45, 2.75) is 50.2 Å². The van der Waals surface area contributed by atoms with Gasteiger partial charge in [0.1, 0.15) is 5.41 Å². The maximum Gasteiger partial charge on any atom is 0.400 e. The Morgan fingerprint density at radius 2 is 1.90 bits per heavy atom. The lowest BCUT2D eigenvalue weighted by Gasteiger charge is -2.33. The number of alkyl halides is 3. The largest absolute Gasteiger partial charge is 0.400 e. The number of amides is 1. The van der Waals surface area contributed by atoms with E-state index in [9.17, 15) is 18.0 Å². The summed E-state index contributed by atoms with van der Waals surface area (Å²) in [7, 11) is 0. The van der Waals surface area contributed by atoms with E-state index in [4.69, 9.17) is 23.2 Å². The molecule has 0 bridgehead atoms. The van der Waals surface area contributed by atoms with Crippen LogP contribution in [0.25, 0.3) is 0 Å². The fourth-order valence-corrected chi connectivity index (χ4v) is 5.26. The zero-order valence-corrected chi connectivity index (χ0v) is 18.5. The van der Waals surface area contributed by atoms with Crippen molar-refractivity contribution in [1.29, 1.82) is 0 Å². The van der Waals surface area contributed by atoms with Gasteiger partial charge in [-0.05, 0) is 66.3 Å². The highest BCUT2D eigenvalue weighted by atomic mass is 35.5. The molecule has 1 saturated heterocycles. The van der Waals surface area contributed by atoms with Crippen LogP contribution in [0.1, 0.15) is 48.9 Å². The van der Waals surface area contributed by atoms with Crippen molar-refractivity contribution in [3.8, 4) is 0 Å². The first-order valence-electron chi connectivity index (χ1n) is 10.3. The number of hydrogen-bond donors (Lipinski definition) is 1. The Bertz CT molecular complexity index is 991. The molecular weight excluding hydrogens is 448 g/mol. The van der Waals surface area contributed by atoms with E-state index in [0.717, 1.165) is 29.7 Å². The molecule has 0 saturated carbocycles. The lowest BCUT2D eigenvalue weighted by molar-refractivity contribution is -0.184. The Hall–Kier alpha value is -1.92.